The van der Waals surface area contributed by atoms with Crippen molar-refractivity contribution in [2.75, 3.05) is 0 Å². The number of carboxylic acids is 1. The lowest BCUT2D eigenvalue weighted by Crippen LogP contribution is -2.46. The van der Waals surface area contributed by atoms with Crippen molar-refractivity contribution in [1.29, 1.82) is 0 Å². The molecule has 0 aliphatic rings. The average molecular weight is 195 g/mol. The first-order valence-electron chi connectivity index (χ1n) is 4.67. The van der Waals surface area contributed by atoms with E-state index in [1.54, 1.807) is 13.8 Å². The minimum absolute atomic E-state index is 0.442. The van der Waals surface area contributed by atoms with Crippen LogP contribution in [0.5, 0.6) is 0 Å². The van der Waals surface area contributed by atoms with Gasteiger partial charge in [-0.05, 0) is 39.8 Å². The summed E-state index contributed by atoms with van der Waals surface area (Å²) < 4.78 is 1.93. The van der Waals surface area contributed by atoms with Gasteiger partial charge < -0.3 is 9.67 Å². The molecule has 0 amide bonds. The van der Waals surface area contributed by atoms with Crippen LogP contribution in [-0.4, -0.2) is 15.6 Å². The highest BCUT2D eigenvalue weighted by atomic mass is 16.4. The van der Waals surface area contributed by atoms with Crippen LogP contribution < -0.4 is 0 Å². The van der Waals surface area contributed by atoms with E-state index in [1.807, 2.05) is 42.9 Å². The van der Waals surface area contributed by atoms with Crippen LogP contribution in [0.1, 0.15) is 27.7 Å². The van der Waals surface area contributed by atoms with E-state index in [-0.39, 0.29) is 0 Å². The molecule has 0 radical (unpaired) electrons. The molecule has 78 valence electrons. The van der Waals surface area contributed by atoms with Crippen LogP contribution in [0.4, 0.5) is 0 Å². The smallest absolute Gasteiger partial charge is 0.311 e. The number of aliphatic carboxylic acids is 1. The third-order valence-electron chi connectivity index (χ3n) is 3.31. The number of nitrogens with zero attached hydrogens (tertiary/aromatic N) is 1. The van der Waals surface area contributed by atoms with E-state index < -0.39 is 16.9 Å². The molecule has 0 unspecified atom stereocenters. The summed E-state index contributed by atoms with van der Waals surface area (Å²) in [6, 6.07) is 3.80. The lowest BCUT2D eigenvalue weighted by atomic mass is 9.74. The highest BCUT2D eigenvalue weighted by molar-refractivity contribution is 5.75. The fraction of sp³-hybridized carbons (Fsp3) is 0.545. The monoisotopic (exact) mass is 195 g/mol. The van der Waals surface area contributed by atoms with Gasteiger partial charge in [-0.3, -0.25) is 4.79 Å². The summed E-state index contributed by atoms with van der Waals surface area (Å²) in [5.74, 6) is -0.781. The molecule has 14 heavy (non-hydrogen) atoms. The van der Waals surface area contributed by atoms with Crippen LogP contribution in [0.3, 0.4) is 0 Å². The lowest BCUT2D eigenvalue weighted by Gasteiger charge is -2.39. The highest BCUT2D eigenvalue weighted by Gasteiger charge is 2.44. The van der Waals surface area contributed by atoms with Crippen LogP contribution in [-0.2, 0) is 10.3 Å². The summed E-state index contributed by atoms with van der Waals surface area (Å²) in [5, 5.41) is 9.16. The van der Waals surface area contributed by atoms with Crippen molar-refractivity contribution in [3.8, 4) is 0 Å². The second-order valence-corrected chi connectivity index (χ2v) is 4.58. The number of rotatable bonds is 3. The minimum atomic E-state index is -0.800. The van der Waals surface area contributed by atoms with E-state index in [0.717, 1.165) is 0 Å². The molecule has 0 fully saturated rings. The number of carbonyl (C=O) groups is 1. The van der Waals surface area contributed by atoms with E-state index in [0.29, 0.717) is 0 Å². The van der Waals surface area contributed by atoms with Crippen molar-refractivity contribution in [3.63, 3.8) is 0 Å². The van der Waals surface area contributed by atoms with Gasteiger partial charge in [0, 0.05) is 12.4 Å². The zero-order valence-electron chi connectivity index (χ0n) is 9.11. The molecule has 1 rings (SSSR count). The molecular weight excluding hydrogens is 178 g/mol. The van der Waals surface area contributed by atoms with Gasteiger partial charge in [0.05, 0.1) is 11.0 Å². The first-order chi connectivity index (χ1) is 6.30. The van der Waals surface area contributed by atoms with Crippen molar-refractivity contribution in [2.45, 2.75) is 33.2 Å². The molecule has 0 aliphatic carbocycles. The third-order valence-corrected chi connectivity index (χ3v) is 3.31. The predicted octanol–water partition coefficient (Wildman–Crippen LogP) is 2.33. The summed E-state index contributed by atoms with van der Waals surface area (Å²) in [6.07, 6.45) is 3.79. The first-order valence-corrected chi connectivity index (χ1v) is 4.67. The zero-order chi connectivity index (χ0) is 11.0. The minimum Gasteiger partial charge on any atom is -0.481 e. The number of carboxylic acid groups (broad SMARTS) is 1. The molecule has 1 aromatic rings. The Labute approximate surface area is 84.4 Å². The number of aromatic nitrogens is 1. The molecule has 3 nitrogen and oxygen atoms in total. The maximum atomic E-state index is 11.1. The Morgan fingerprint density at radius 3 is 1.93 bits per heavy atom. The molecule has 1 aromatic heterocycles. The van der Waals surface area contributed by atoms with Crippen molar-refractivity contribution >= 4 is 5.97 Å². The van der Waals surface area contributed by atoms with Crippen molar-refractivity contribution in [1.82, 2.24) is 4.57 Å². The zero-order valence-corrected chi connectivity index (χ0v) is 9.11. The number of hydrogen-bond donors (Lipinski definition) is 1. The van der Waals surface area contributed by atoms with E-state index in [9.17, 15) is 4.79 Å². The summed E-state index contributed by atoms with van der Waals surface area (Å²) in [4.78, 5) is 11.1. The van der Waals surface area contributed by atoms with E-state index in [4.69, 9.17) is 5.11 Å². The summed E-state index contributed by atoms with van der Waals surface area (Å²) in [5.41, 5.74) is -1.24. The summed E-state index contributed by atoms with van der Waals surface area (Å²) in [7, 11) is 0. The fourth-order valence-electron chi connectivity index (χ4n) is 1.29. The SMILES string of the molecule is CC(C)(C(=O)O)C(C)(C)n1cccc1. The standard InChI is InChI=1S/C11H17NO2/c1-10(2,9(13)14)11(3,4)12-7-5-6-8-12/h5-8H,1-4H3,(H,13,14). The van der Waals surface area contributed by atoms with Crippen LogP contribution in [0.2, 0.25) is 0 Å². The Morgan fingerprint density at radius 2 is 1.57 bits per heavy atom. The molecule has 3 heteroatoms. The van der Waals surface area contributed by atoms with Gasteiger partial charge in [0.15, 0.2) is 0 Å². The first kappa shape index (κ1) is 10.8. The van der Waals surface area contributed by atoms with Crippen LogP contribution in [0.25, 0.3) is 0 Å². The van der Waals surface area contributed by atoms with E-state index in [1.165, 1.54) is 0 Å². The van der Waals surface area contributed by atoms with Crippen LogP contribution >= 0.6 is 0 Å². The Hall–Kier alpha value is -1.25. The maximum absolute atomic E-state index is 11.1. The quantitative estimate of drug-likeness (QED) is 0.804. The second kappa shape index (κ2) is 3.15. The summed E-state index contributed by atoms with van der Waals surface area (Å²) in [6.45, 7) is 7.35. The third kappa shape index (κ3) is 1.43. The Kier molecular flexibility index (Phi) is 2.44. The average Bonchev–Trinajstić information content (AvgIpc) is 2.55. The topological polar surface area (TPSA) is 42.2 Å². The fourth-order valence-corrected chi connectivity index (χ4v) is 1.29. The van der Waals surface area contributed by atoms with Gasteiger partial charge in [-0.2, -0.15) is 0 Å². The van der Waals surface area contributed by atoms with Gasteiger partial charge in [-0.25, -0.2) is 0 Å². The molecule has 0 saturated carbocycles. The van der Waals surface area contributed by atoms with Crippen molar-refractivity contribution in [2.24, 2.45) is 5.41 Å². The second-order valence-electron chi connectivity index (χ2n) is 4.58. The van der Waals surface area contributed by atoms with Crippen molar-refractivity contribution < 1.29 is 9.90 Å². The Morgan fingerprint density at radius 1 is 1.14 bits per heavy atom. The maximum Gasteiger partial charge on any atom is 0.311 e. The molecule has 1 heterocycles. The Bertz CT molecular complexity index is 323. The molecule has 0 bridgehead atoms. The van der Waals surface area contributed by atoms with Gasteiger partial charge in [-0.15, -0.1) is 0 Å². The molecule has 0 aliphatic heterocycles. The van der Waals surface area contributed by atoms with Crippen LogP contribution in [0, 0.1) is 5.41 Å². The van der Waals surface area contributed by atoms with Gasteiger partial charge in [0.25, 0.3) is 0 Å². The van der Waals surface area contributed by atoms with Crippen molar-refractivity contribution in [3.05, 3.63) is 24.5 Å². The summed E-state index contributed by atoms with van der Waals surface area (Å²) >= 11 is 0. The normalized spacial score (nSPS) is 12.9. The molecule has 0 atom stereocenters. The lowest BCUT2D eigenvalue weighted by molar-refractivity contribution is -0.152. The largest absolute Gasteiger partial charge is 0.481 e. The molecule has 0 aromatic carbocycles. The van der Waals surface area contributed by atoms with Gasteiger partial charge in [0.2, 0.25) is 0 Å². The highest BCUT2D eigenvalue weighted by Crippen LogP contribution is 2.37. The molecule has 0 spiro atoms. The van der Waals surface area contributed by atoms with Gasteiger partial charge in [-0.1, -0.05) is 0 Å². The molecule has 0 saturated heterocycles. The predicted molar refractivity (Wildman–Crippen MR) is 55.2 cm³/mol. The number of hydrogen-bond acceptors (Lipinski definition) is 1. The van der Waals surface area contributed by atoms with Gasteiger partial charge in [0.1, 0.15) is 0 Å². The van der Waals surface area contributed by atoms with E-state index in [2.05, 4.69) is 0 Å². The van der Waals surface area contributed by atoms with Crippen LogP contribution in [0.15, 0.2) is 24.5 Å². The molecule has 1 N–H and O–H groups in total. The molecular formula is C11H17NO2. The van der Waals surface area contributed by atoms with Gasteiger partial charge >= 0.3 is 5.97 Å². The van der Waals surface area contributed by atoms with E-state index >= 15 is 0 Å². The Balaban J connectivity index is 3.13.